The molecule has 1 N–H and O–H groups in total. The summed E-state index contributed by atoms with van der Waals surface area (Å²) in [6.07, 6.45) is 1.78. The fourth-order valence-corrected chi connectivity index (χ4v) is 5.63. The van der Waals surface area contributed by atoms with Gasteiger partial charge in [0.1, 0.15) is 0 Å². The van der Waals surface area contributed by atoms with Crippen molar-refractivity contribution in [1.29, 1.82) is 0 Å². The highest BCUT2D eigenvalue weighted by Crippen LogP contribution is 2.35. The fraction of sp³-hybridized carbons (Fsp3) is 0.435. The van der Waals surface area contributed by atoms with Crippen LogP contribution in [0.2, 0.25) is 0 Å². The lowest BCUT2D eigenvalue weighted by Crippen LogP contribution is -2.52. The number of fused-ring (bicyclic) bond motifs is 2. The quantitative estimate of drug-likeness (QED) is 0.783. The maximum absolute atomic E-state index is 14.7. The number of nitrogens with one attached hydrogen (secondary N) is 1. The molecule has 2 atom stereocenters. The highest BCUT2D eigenvalue weighted by molar-refractivity contribution is 7.88. The third-order valence-electron chi connectivity index (χ3n) is 6.19. The highest BCUT2D eigenvalue weighted by Gasteiger charge is 2.48. The lowest BCUT2D eigenvalue weighted by molar-refractivity contribution is -0.159. The Kier molecular flexibility index (Phi) is 5.87. The fourth-order valence-electron chi connectivity index (χ4n) is 4.81. The summed E-state index contributed by atoms with van der Waals surface area (Å²) in [5.74, 6) is -4.66. The number of hydrogen-bond acceptors (Lipinski definition) is 3. The minimum Gasteiger partial charge on any atom is -0.332 e. The zero-order chi connectivity index (χ0) is 22.2. The van der Waals surface area contributed by atoms with Gasteiger partial charge in [0.25, 0.3) is 5.91 Å². The van der Waals surface area contributed by atoms with Crippen molar-refractivity contribution in [1.82, 2.24) is 9.62 Å². The van der Waals surface area contributed by atoms with Gasteiger partial charge in [-0.1, -0.05) is 48.5 Å². The Bertz CT molecular complexity index is 1070. The Balaban J connectivity index is 1.79. The molecule has 1 fully saturated rings. The van der Waals surface area contributed by atoms with Gasteiger partial charge in [0.2, 0.25) is 10.0 Å². The summed E-state index contributed by atoms with van der Waals surface area (Å²) < 4.78 is 55.7. The summed E-state index contributed by atoms with van der Waals surface area (Å²) >= 11 is 0. The Labute approximate surface area is 181 Å². The molecule has 2 aromatic rings. The molecular weight excluding hydrogens is 422 g/mol. The third kappa shape index (κ3) is 4.65. The average molecular weight is 449 g/mol. The average Bonchev–Trinajstić information content (AvgIpc) is 3.08. The van der Waals surface area contributed by atoms with E-state index in [9.17, 15) is 22.0 Å². The van der Waals surface area contributed by atoms with Crippen molar-refractivity contribution in [3.05, 3.63) is 59.7 Å². The number of alkyl halides is 2. The molecule has 5 nitrogen and oxygen atoms in total. The Morgan fingerprint density at radius 2 is 1.84 bits per heavy atom. The summed E-state index contributed by atoms with van der Waals surface area (Å²) in [6.45, 7) is 0.111. The van der Waals surface area contributed by atoms with E-state index in [4.69, 9.17) is 0 Å². The summed E-state index contributed by atoms with van der Waals surface area (Å²) in [7, 11) is -3.55. The first-order valence-electron chi connectivity index (χ1n) is 10.5. The first-order chi connectivity index (χ1) is 14.7. The zero-order valence-corrected chi connectivity index (χ0v) is 18.2. The van der Waals surface area contributed by atoms with Crippen LogP contribution in [0.4, 0.5) is 8.78 Å². The molecule has 166 valence electrons. The van der Waals surface area contributed by atoms with Crippen molar-refractivity contribution in [2.45, 2.75) is 50.1 Å². The molecule has 2 aromatic carbocycles. The number of carbonyl (C=O) groups excluding carboxylic acids is 1. The standard InChI is InChI=1S/C23H26F2N2O3S/c1-31(29,30)26-20-12-14-27-21(20)15-17-9-5-10-18(16-7-3-2-4-8-16)19(17)11-6-13-23(24,25)22(27)28/h2-5,7-10,20-21,26H,6,11-15H2,1H3. The van der Waals surface area contributed by atoms with Crippen LogP contribution in [-0.2, 0) is 27.7 Å². The van der Waals surface area contributed by atoms with Crippen LogP contribution in [0, 0.1) is 0 Å². The SMILES string of the molecule is CS(=O)(=O)NC1CCN2C(=O)C(F)(F)CCCc3c(cccc3-c3ccccc3)CC12. The molecule has 2 aliphatic heterocycles. The van der Waals surface area contributed by atoms with Gasteiger partial charge in [0.05, 0.1) is 12.3 Å². The van der Waals surface area contributed by atoms with Gasteiger partial charge in [0.15, 0.2) is 0 Å². The van der Waals surface area contributed by atoms with E-state index in [2.05, 4.69) is 4.72 Å². The summed E-state index contributed by atoms with van der Waals surface area (Å²) in [5.41, 5.74) is 3.96. The largest absolute Gasteiger partial charge is 0.332 e. The van der Waals surface area contributed by atoms with Crippen molar-refractivity contribution in [2.24, 2.45) is 0 Å². The number of hydrogen-bond donors (Lipinski definition) is 1. The van der Waals surface area contributed by atoms with Crippen LogP contribution in [0.25, 0.3) is 11.1 Å². The second-order valence-corrected chi connectivity index (χ2v) is 10.2. The van der Waals surface area contributed by atoms with E-state index in [0.717, 1.165) is 28.5 Å². The predicted molar refractivity (Wildman–Crippen MR) is 115 cm³/mol. The van der Waals surface area contributed by atoms with Crippen molar-refractivity contribution in [2.75, 3.05) is 12.8 Å². The van der Waals surface area contributed by atoms with Gasteiger partial charge in [-0.05, 0) is 47.9 Å². The maximum Gasteiger partial charge on any atom is 0.324 e. The number of rotatable bonds is 3. The molecular formula is C23H26F2N2O3S. The number of nitrogens with zero attached hydrogens (tertiary/aromatic N) is 1. The Morgan fingerprint density at radius 1 is 1.10 bits per heavy atom. The predicted octanol–water partition coefficient (Wildman–Crippen LogP) is 3.39. The molecule has 2 unspecified atom stereocenters. The lowest BCUT2D eigenvalue weighted by Gasteiger charge is -2.33. The number of sulfonamides is 1. The normalized spacial score (nSPS) is 23.8. The van der Waals surface area contributed by atoms with E-state index in [1.165, 1.54) is 4.90 Å². The number of amides is 1. The molecule has 4 rings (SSSR count). The second kappa shape index (κ2) is 8.31. The molecule has 8 heteroatoms. The van der Waals surface area contributed by atoms with Gasteiger partial charge in [-0.2, -0.15) is 8.78 Å². The van der Waals surface area contributed by atoms with E-state index >= 15 is 0 Å². The Hall–Kier alpha value is -2.32. The maximum atomic E-state index is 14.7. The van der Waals surface area contributed by atoms with Gasteiger partial charge < -0.3 is 4.90 Å². The minimum atomic E-state index is -3.55. The second-order valence-electron chi connectivity index (χ2n) is 8.42. The Morgan fingerprint density at radius 3 is 2.55 bits per heavy atom. The summed E-state index contributed by atoms with van der Waals surface area (Å²) in [6, 6.07) is 14.4. The van der Waals surface area contributed by atoms with Crippen LogP contribution >= 0.6 is 0 Å². The summed E-state index contributed by atoms with van der Waals surface area (Å²) in [4.78, 5) is 13.9. The molecule has 0 spiro atoms. The number of carbonyl (C=O) groups is 1. The molecule has 2 heterocycles. The lowest BCUT2D eigenvalue weighted by atomic mass is 9.87. The van der Waals surface area contributed by atoms with E-state index < -0.39 is 40.4 Å². The zero-order valence-electron chi connectivity index (χ0n) is 17.4. The van der Waals surface area contributed by atoms with E-state index in [1.54, 1.807) is 0 Å². The van der Waals surface area contributed by atoms with Crippen LogP contribution < -0.4 is 4.72 Å². The topological polar surface area (TPSA) is 66.5 Å². The van der Waals surface area contributed by atoms with Crippen LogP contribution in [-0.4, -0.2) is 50.0 Å². The van der Waals surface area contributed by atoms with Gasteiger partial charge in [-0.25, -0.2) is 13.1 Å². The molecule has 0 aromatic heterocycles. The third-order valence-corrected chi connectivity index (χ3v) is 6.92. The van der Waals surface area contributed by atoms with Gasteiger partial charge >= 0.3 is 5.92 Å². The van der Waals surface area contributed by atoms with Crippen molar-refractivity contribution in [3.8, 4) is 11.1 Å². The molecule has 0 bridgehead atoms. The molecule has 2 aliphatic rings. The van der Waals surface area contributed by atoms with Gasteiger partial charge in [-0.3, -0.25) is 4.79 Å². The summed E-state index contributed by atoms with van der Waals surface area (Å²) in [5, 5.41) is 0. The van der Waals surface area contributed by atoms with E-state index in [-0.39, 0.29) is 13.0 Å². The monoisotopic (exact) mass is 448 g/mol. The first-order valence-corrected chi connectivity index (χ1v) is 12.4. The van der Waals surface area contributed by atoms with Crippen molar-refractivity contribution >= 4 is 15.9 Å². The minimum absolute atomic E-state index is 0.111. The number of halogens is 2. The van der Waals surface area contributed by atoms with Crippen LogP contribution in [0.15, 0.2) is 48.5 Å². The highest BCUT2D eigenvalue weighted by atomic mass is 32.2. The van der Waals surface area contributed by atoms with E-state index in [1.807, 2.05) is 48.5 Å². The molecule has 0 radical (unpaired) electrons. The molecule has 1 amide bonds. The van der Waals surface area contributed by atoms with Crippen molar-refractivity contribution in [3.63, 3.8) is 0 Å². The van der Waals surface area contributed by atoms with Crippen LogP contribution in [0.3, 0.4) is 0 Å². The molecule has 0 aliphatic carbocycles. The van der Waals surface area contributed by atoms with E-state index in [0.29, 0.717) is 19.3 Å². The van der Waals surface area contributed by atoms with Crippen LogP contribution in [0.1, 0.15) is 30.4 Å². The molecule has 31 heavy (non-hydrogen) atoms. The smallest absolute Gasteiger partial charge is 0.324 e. The van der Waals surface area contributed by atoms with Gasteiger partial charge in [0, 0.05) is 19.0 Å². The van der Waals surface area contributed by atoms with Crippen molar-refractivity contribution < 1.29 is 22.0 Å². The van der Waals surface area contributed by atoms with Crippen LogP contribution in [0.5, 0.6) is 0 Å². The molecule has 1 saturated heterocycles. The molecule has 0 saturated carbocycles. The first kappa shape index (κ1) is 21.9. The van der Waals surface area contributed by atoms with Gasteiger partial charge in [-0.15, -0.1) is 0 Å². The number of benzene rings is 2.